The number of carboxylic acid groups (broad SMARTS) is 1. The smallest absolute Gasteiger partial charge is 0.370 e. The molecule has 2 aromatic carbocycles. The van der Waals surface area contributed by atoms with Crippen molar-refractivity contribution in [2.24, 2.45) is 10.2 Å². The summed E-state index contributed by atoms with van der Waals surface area (Å²) >= 11 is 0. The van der Waals surface area contributed by atoms with Crippen molar-refractivity contribution in [3.05, 3.63) is 64.4 Å². The number of benzene rings is 2. The average molecular weight is 460 g/mol. The quantitative estimate of drug-likeness (QED) is 0.460. The van der Waals surface area contributed by atoms with Gasteiger partial charge >= 0.3 is 11.9 Å². The van der Waals surface area contributed by atoms with Gasteiger partial charge in [-0.25, -0.2) is 4.79 Å². The minimum Gasteiger partial charge on any atom is -0.505 e. The first kappa shape index (κ1) is 21.7. The molecule has 9 nitrogen and oxygen atoms in total. The number of aryl methyl sites for hydroxylation is 3. The van der Waals surface area contributed by atoms with Crippen LogP contribution in [0.2, 0.25) is 0 Å². The molecule has 0 aromatic heterocycles. The summed E-state index contributed by atoms with van der Waals surface area (Å²) in [5, 5.41) is 29.9. The highest BCUT2D eigenvalue weighted by molar-refractivity contribution is 6.71. The standard InChI is InChI=1S/C25H24N4O5/c1-13-10-18(20-8-9-21(34-20)25(32)33)23(30)19(11-13)26-27-22-14(2)28-29(24(22)31)17-7-6-15-4-3-5-16(15)12-17/h6-7,9-12,20,26,30H,3-5,8H2,1-2H3,(H,32,33)/b27-22-. The number of carbonyl (C=O) groups is 2. The lowest BCUT2D eigenvalue weighted by atomic mass is 10.0. The van der Waals surface area contributed by atoms with Crippen molar-refractivity contribution in [2.75, 3.05) is 10.4 Å². The van der Waals surface area contributed by atoms with E-state index in [0.29, 0.717) is 23.4 Å². The molecule has 5 rings (SSSR count). The topological polar surface area (TPSA) is 124 Å². The maximum absolute atomic E-state index is 13.1. The Hall–Kier alpha value is -4.14. The Balaban J connectivity index is 1.37. The van der Waals surface area contributed by atoms with Crippen LogP contribution < -0.4 is 10.4 Å². The minimum atomic E-state index is -1.15. The molecule has 34 heavy (non-hydrogen) atoms. The third kappa shape index (κ3) is 3.79. The van der Waals surface area contributed by atoms with E-state index in [1.165, 1.54) is 22.2 Å². The number of anilines is 2. The van der Waals surface area contributed by atoms with Gasteiger partial charge in [-0.3, -0.25) is 10.2 Å². The van der Waals surface area contributed by atoms with E-state index in [1.54, 1.807) is 19.1 Å². The number of fused-ring (bicyclic) bond motifs is 1. The Morgan fingerprint density at radius 3 is 2.76 bits per heavy atom. The van der Waals surface area contributed by atoms with Gasteiger partial charge in [0.25, 0.3) is 0 Å². The summed E-state index contributed by atoms with van der Waals surface area (Å²) in [5.74, 6) is -1.77. The molecule has 2 heterocycles. The first-order valence-corrected chi connectivity index (χ1v) is 11.1. The fourth-order valence-corrected chi connectivity index (χ4v) is 4.54. The van der Waals surface area contributed by atoms with Crippen molar-refractivity contribution in [1.29, 1.82) is 0 Å². The molecule has 0 spiro atoms. The molecule has 1 atom stereocenters. The van der Waals surface area contributed by atoms with Gasteiger partial charge in [0.2, 0.25) is 5.76 Å². The van der Waals surface area contributed by atoms with Gasteiger partial charge < -0.3 is 14.9 Å². The molecule has 174 valence electrons. The molecule has 2 aliphatic heterocycles. The number of rotatable bonds is 5. The highest BCUT2D eigenvalue weighted by Crippen LogP contribution is 2.40. The second-order valence-electron chi connectivity index (χ2n) is 8.65. The van der Waals surface area contributed by atoms with Crippen LogP contribution in [0.1, 0.15) is 48.1 Å². The fourth-order valence-electron chi connectivity index (χ4n) is 4.54. The Kier molecular flexibility index (Phi) is 5.31. The first-order valence-electron chi connectivity index (χ1n) is 11.1. The van der Waals surface area contributed by atoms with Crippen molar-refractivity contribution >= 4 is 34.7 Å². The van der Waals surface area contributed by atoms with Crippen LogP contribution in [-0.4, -0.2) is 33.5 Å². The first-order chi connectivity index (χ1) is 16.3. The van der Waals surface area contributed by atoms with Gasteiger partial charge in [-0.05, 0) is 80.1 Å². The van der Waals surface area contributed by atoms with Gasteiger partial charge in [0.05, 0.1) is 17.1 Å². The van der Waals surface area contributed by atoms with Gasteiger partial charge in [0, 0.05) is 12.0 Å². The molecular formula is C25H24N4O5. The predicted octanol–water partition coefficient (Wildman–Crippen LogP) is 3.81. The number of hydrazone groups is 2. The number of hydrogen-bond donors (Lipinski definition) is 3. The summed E-state index contributed by atoms with van der Waals surface area (Å²) in [5.41, 5.74) is 8.20. The summed E-state index contributed by atoms with van der Waals surface area (Å²) in [6.07, 6.45) is 4.36. The van der Waals surface area contributed by atoms with E-state index in [0.717, 1.165) is 24.8 Å². The molecule has 1 aliphatic carbocycles. The summed E-state index contributed by atoms with van der Waals surface area (Å²) < 4.78 is 5.46. The number of phenolic OH excluding ortho intramolecular Hbond substituents is 1. The monoisotopic (exact) mass is 460 g/mol. The molecule has 0 fully saturated rings. The van der Waals surface area contributed by atoms with E-state index in [1.807, 2.05) is 25.1 Å². The van der Waals surface area contributed by atoms with Crippen molar-refractivity contribution in [3.63, 3.8) is 0 Å². The van der Waals surface area contributed by atoms with Crippen LogP contribution >= 0.6 is 0 Å². The van der Waals surface area contributed by atoms with Crippen LogP contribution in [0.15, 0.2) is 52.4 Å². The summed E-state index contributed by atoms with van der Waals surface area (Å²) in [7, 11) is 0. The van der Waals surface area contributed by atoms with E-state index in [-0.39, 0.29) is 28.8 Å². The Morgan fingerprint density at radius 1 is 1.21 bits per heavy atom. The molecule has 0 bridgehead atoms. The number of amides is 1. The lowest BCUT2D eigenvalue weighted by molar-refractivity contribution is -0.137. The Bertz CT molecular complexity index is 1310. The largest absolute Gasteiger partial charge is 0.505 e. The molecule has 2 aromatic rings. The van der Waals surface area contributed by atoms with Crippen LogP contribution in [0.3, 0.4) is 0 Å². The highest BCUT2D eigenvalue weighted by atomic mass is 16.5. The van der Waals surface area contributed by atoms with Crippen LogP contribution in [0.5, 0.6) is 5.75 Å². The number of aliphatic carboxylic acids is 1. The number of nitrogens with zero attached hydrogens (tertiary/aromatic N) is 3. The van der Waals surface area contributed by atoms with E-state index < -0.39 is 12.1 Å². The Labute approximate surface area is 196 Å². The number of nitrogens with one attached hydrogen (secondary N) is 1. The molecule has 1 amide bonds. The van der Waals surface area contributed by atoms with E-state index in [9.17, 15) is 14.7 Å². The zero-order valence-electron chi connectivity index (χ0n) is 18.8. The molecule has 0 saturated carbocycles. The number of hydrogen-bond acceptors (Lipinski definition) is 7. The number of carboxylic acids is 1. The summed E-state index contributed by atoms with van der Waals surface area (Å²) in [6.45, 7) is 3.55. The lowest BCUT2D eigenvalue weighted by Gasteiger charge is -2.17. The van der Waals surface area contributed by atoms with E-state index in [2.05, 4.69) is 15.6 Å². The van der Waals surface area contributed by atoms with Crippen molar-refractivity contribution in [3.8, 4) is 5.75 Å². The molecule has 3 aliphatic rings. The Morgan fingerprint density at radius 2 is 2.00 bits per heavy atom. The third-order valence-electron chi connectivity index (χ3n) is 6.23. The average Bonchev–Trinajstić information content (AvgIpc) is 3.53. The maximum Gasteiger partial charge on any atom is 0.370 e. The lowest BCUT2D eigenvalue weighted by Crippen LogP contribution is -2.28. The third-order valence-corrected chi connectivity index (χ3v) is 6.23. The van der Waals surface area contributed by atoms with E-state index >= 15 is 0 Å². The second kappa shape index (κ2) is 8.33. The van der Waals surface area contributed by atoms with Gasteiger partial charge in [-0.1, -0.05) is 6.07 Å². The predicted molar refractivity (Wildman–Crippen MR) is 127 cm³/mol. The second-order valence-corrected chi connectivity index (χ2v) is 8.65. The molecule has 9 heteroatoms. The van der Waals surface area contributed by atoms with Gasteiger partial charge in [-0.2, -0.15) is 15.2 Å². The summed E-state index contributed by atoms with van der Waals surface area (Å²) in [4.78, 5) is 24.2. The highest BCUT2D eigenvalue weighted by Gasteiger charge is 2.32. The number of carbonyl (C=O) groups excluding carboxylic acids is 1. The minimum absolute atomic E-state index is 0.115. The van der Waals surface area contributed by atoms with E-state index in [4.69, 9.17) is 9.84 Å². The van der Waals surface area contributed by atoms with Gasteiger partial charge in [0.15, 0.2) is 5.71 Å². The van der Waals surface area contributed by atoms with Gasteiger partial charge in [-0.15, -0.1) is 0 Å². The van der Waals surface area contributed by atoms with Crippen LogP contribution in [0.25, 0.3) is 0 Å². The SMILES string of the molecule is CC1=NN(c2ccc3c(c2)CCC3)C(=O)/C1=N\Nc1cc(C)cc(C2CC=C(C(=O)O)O2)c1O. The van der Waals surface area contributed by atoms with Crippen LogP contribution in [0.4, 0.5) is 11.4 Å². The van der Waals surface area contributed by atoms with Crippen molar-refractivity contribution in [1.82, 2.24) is 0 Å². The number of aromatic hydroxyl groups is 1. The maximum atomic E-state index is 13.1. The molecule has 0 saturated heterocycles. The summed E-state index contributed by atoms with van der Waals surface area (Å²) in [6, 6.07) is 9.38. The van der Waals surface area contributed by atoms with Gasteiger partial charge in [0.1, 0.15) is 11.9 Å². The molecule has 0 radical (unpaired) electrons. The number of phenols is 1. The van der Waals surface area contributed by atoms with Crippen LogP contribution in [-0.2, 0) is 27.2 Å². The zero-order chi connectivity index (χ0) is 24.0. The number of ether oxygens (including phenoxy) is 1. The normalized spacial score (nSPS) is 20.3. The van der Waals surface area contributed by atoms with Crippen molar-refractivity contribution in [2.45, 2.75) is 45.6 Å². The fraction of sp³-hybridized carbons (Fsp3) is 0.280. The zero-order valence-corrected chi connectivity index (χ0v) is 18.8. The molecule has 3 N–H and O–H groups in total. The van der Waals surface area contributed by atoms with Crippen molar-refractivity contribution < 1.29 is 24.5 Å². The van der Waals surface area contributed by atoms with Crippen LogP contribution in [0, 0.1) is 6.92 Å². The molecule has 1 unspecified atom stereocenters. The molecular weight excluding hydrogens is 436 g/mol.